The number of alkyl halides is 3. The molecule has 0 aliphatic heterocycles. The van der Waals surface area contributed by atoms with E-state index < -0.39 is 11.1 Å². The molecule has 0 nitrogen and oxygen atoms in total. The van der Waals surface area contributed by atoms with Gasteiger partial charge in [0.25, 0.3) is 0 Å². The van der Waals surface area contributed by atoms with Crippen molar-refractivity contribution in [3.05, 3.63) is 70.4 Å². The monoisotopic (exact) mass is 422 g/mol. The molecule has 0 radical (unpaired) electrons. The zero-order valence-electron chi connectivity index (χ0n) is 15.2. The van der Waals surface area contributed by atoms with Gasteiger partial charge < -0.3 is 0 Å². The van der Waals surface area contributed by atoms with Crippen LogP contribution in [0.2, 0.25) is 0 Å². The predicted octanol–water partition coefficient (Wildman–Crippen LogP) is 8.90. The minimum absolute atomic E-state index is 0.547. The van der Waals surface area contributed by atoms with Crippen molar-refractivity contribution in [2.24, 2.45) is 0 Å². The van der Waals surface area contributed by atoms with Crippen LogP contribution in [0.25, 0.3) is 52.5 Å². The topological polar surface area (TPSA) is 0 Å². The Morgan fingerprint density at radius 1 is 0.586 bits per heavy atom. The second-order valence-corrected chi connectivity index (χ2v) is 9.66. The molecule has 0 amide bonds. The highest BCUT2D eigenvalue weighted by Crippen LogP contribution is 2.43. The summed E-state index contributed by atoms with van der Waals surface area (Å²) in [6.07, 6.45) is -4.31. The molecular formula is C24H13F3S2. The molecule has 0 saturated carbocycles. The third-order valence-electron chi connectivity index (χ3n) is 5.56. The van der Waals surface area contributed by atoms with Gasteiger partial charge in [-0.2, -0.15) is 13.2 Å². The number of fused-ring (bicyclic) bond motifs is 9. The summed E-state index contributed by atoms with van der Waals surface area (Å²) in [5.41, 5.74) is 0. The van der Waals surface area contributed by atoms with Gasteiger partial charge in [-0.1, -0.05) is 48.5 Å². The van der Waals surface area contributed by atoms with Gasteiger partial charge in [0.1, 0.15) is 4.88 Å². The summed E-state index contributed by atoms with van der Waals surface area (Å²) in [7, 11) is 0. The van der Waals surface area contributed by atoms with E-state index in [0.717, 1.165) is 32.9 Å². The Morgan fingerprint density at radius 3 is 1.62 bits per heavy atom. The molecule has 0 spiro atoms. The Hall–Kier alpha value is -2.63. The highest BCUT2D eigenvalue weighted by atomic mass is 32.1. The largest absolute Gasteiger partial charge is 0.425 e. The summed E-state index contributed by atoms with van der Waals surface area (Å²) in [6.45, 7) is 2.12. The molecule has 0 atom stereocenters. The second-order valence-electron chi connectivity index (χ2n) is 7.35. The van der Waals surface area contributed by atoms with E-state index in [9.17, 15) is 13.2 Å². The van der Waals surface area contributed by atoms with Crippen molar-refractivity contribution in [2.45, 2.75) is 13.1 Å². The number of thiophene rings is 2. The molecule has 6 aromatic rings. The van der Waals surface area contributed by atoms with E-state index >= 15 is 0 Å². The Bertz CT molecular complexity index is 1600. The highest BCUT2D eigenvalue weighted by Gasteiger charge is 2.33. The molecule has 29 heavy (non-hydrogen) atoms. The van der Waals surface area contributed by atoms with E-state index in [1.165, 1.54) is 31.8 Å². The van der Waals surface area contributed by atoms with Crippen molar-refractivity contribution in [3.8, 4) is 0 Å². The van der Waals surface area contributed by atoms with Crippen LogP contribution in [0, 0.1) is 6.92 Å². The van der Waals surface area contributed by atoms with Crippen LogP contribution < -0.4 is 0 Å². The summed E-state index contributed by atoms with van der Waals surface area (Å²) in [5, 5.41) is 8.38. The fourth-order valence-corrected chi connectivity index (χ4v) is 6.40. The van der Waals surface area contributed by atoms with Gasteiger partial charge in [-0.05, 0) is 51.4 Å². The first-order valence-corrected chi connectivity index (χ1v) is 10.8. The van der Waals surface area contributed by atoms with Crippen LogP contribution in [-0.2, 0) is 6.18 Å². The number of hydrogen-bond donors (Lipinski definition) is 0. The molecule has 0 unspecified atom stereocenters. The minimum atomic E-state index is -4.31. The predicted molar refractivity (Wildman–Crippen MR) is 119 cm³/mol. The molecule has 0 fully saturated rings. The summed E-state index contributed by atoms with van der Waals surface area (Å²) < 4.78 is 41.6. The Labute approximate surface area is 171 Å². The van der Waals surface area contributed by atoms with E-state index in [2.05, 4.69) is 43.3 Å². The first kappa shape index (κ1) is 17.2. The second kappa shape index (κ2) is 5.71. The maximum atomic E-state index is 13.2. The van der Waals surface area contributed by atoms with Gasteiger partial charge in [-0.25, -0.2) is 0 Å². The smallest absolute Gasteiger partial charge is 0.165 e. The van der Waals surface area contributed by atoms with Gasteiger partial charge in [-0.15, -0.1) is 22.7 Å². The molecular weight excluding hydrogens is 409 g/mol. The van der Waals surface area contributed by atoms with Gasteiger partial charge >= 0.3 is 6.18 Å². The SMILES string of the molecule is Cc1cc2ccc3c4ccc5c(ccc6cc(C(F)(F)F)sc65)c4ccc3c2s1. The number of rotatable bonds is 0. The first-order chi connectivity index (χ1) is 13.9. The van der Waals surface area contributed by atoms with Crippen molar-refractivity contribution >= 4 is 75.2 Å². The van der Waals surface area contributed by atoms with E-state index in [4.69, 9.17) is 0 Å². The van der Waals surface area contributed by atoms with Crippen LogP contribution in [0.1, 0.15) is 9.75 Å². The fraction of sp³-hybridized carbons (Fsp3) is 0.0833. The summed E-state index contributed by atoms with van der Waals surface area (Å²) >= 11 is 2.62. The molecule has 0 aliphatic rings. The molecule has 0 saturated heterocycles. The number of aryl methyl sites for hydroxylation is 1. The average molecular weight is 422 g/mol. The lowest BCUT2D eigenvalue weighted by atomic mass is 9.96. The van der Waals surface area contributed by atoms with Crippen LogP contribution >= 0.6 is 22.7 Å². The molecule has 4 aromatic carbocycles. The zero-order valence-corrected chi connectivity index (χ0v) is 16.9. The van der Waals surface area contributed by atoms with Gasteiger partial charge in [0.05, 0.1) is 0 Å². The maximum Gasteiger partial charge on any atom is 0.425 e. The van der Waals surface area contributed by atoms with Gasteiger partial charge in [0.15, 0.2) is 0 Å². The molecule has 6 rings (SSSR count). The van der Waals surface area contributed by atoms with Crippen LogP contribution in [-0.4, -0.2) is 0 Å². The van der Waals surface area contributed by atoms with E-state index in [1.54, 1.807) is 17.4 Å². The summed E-state index contributed by atoms with van der Waals surface area (Å²) in [5.74, 6) is 0. The minimum Gasteiger partial charge on any atom is -0.165 e. The molecule has 142 valence electrons. The van der Waals surface area contributed by atoms with Crippen molar-refractivity contribution < 1.29 is 13.2 Å². The van der Waals surface area contributed by atoms with Crippen LogP contribution in [0.3, 0.4) is 0 Å². The lowest BCUT2D eigenvalue weighted by Gasteiger charge is -2.09. The van der Waals surface area contributed by atoms with E-state index in [1.807, 2.05) is 12.1 Å². The van der Waals surface area contributed by atoms with Crippen molar-refractivity contribution in [3.63, 3.8) is 0 Å². The van der Waals surface area contributed by atoms with Crippen molar-refractivity contribution in [1.29, 1.82) is 0 Å². The molecule has 2 heterocycles. The third kappa shape index (κ3) is 2.44. The Morgan fingerprint density at radius 2 is 1.03 bits per heavy atom. The highest BCUT2D eigenvalue weighted by molar-refractivity contribution is 7.20. The van der Waals surface area contributed by atoms with Crippen molar-refractivity contribution in [2.75, 3.05) is 0 Å². The normalized spacial score (nSPS) is 12.8. The zero-order chi connectivity index (χ0) is 19.9. The average Bonchev–Trinajstić information content (AvgIpc) is 3.29. The third-order valence-corrected chi connectivity index (χ3v) is 7.89. The van der Waals surface area contributed by atoms with Crippen LogP contribution in [0.4, 0.5) is 13.2 Å². The lowest BCUT2D eigenvalue weighted by molar-refractivity contribution is -0.134. The summed E-state index contributed by atoms with van der Waals surface area (Å²) in [4.78, 5) is 0.737. The number of halogens is 3. The van der Waals surface area contributed by atoms with Gasteiger partial charge in [-0.3, -0.25) is 0 Å². The number of hydrogen-bond acceptors (Lipinski definition) is 2. The molecule has 0 bridgehead atoms. The van der Waals surface area contributed by atoms with E-state index in [0.29, 0.717) is 10.1 Å². The van der Waals surface area contributed by atoms with Gasteiger partial charge in [0, 0.05) is 25.0 Å². The van der Waals surface area contributed by atoms with Crippen LogP contribution in [0.5, 0.6) is 0 Å². The van der Waals surface area contributed by atoms with Crippen LogP contribution in [0.15, 0.2) is 60.7 Å². The standard InChI is InChI=1S/C24H13F3S2/c1-12-10-13-2-4-17-15-7-9-20-18(16(15)6-8-19(17)22(13)28-12)5-3-14-11-21(24(25,26)27)29-23(14)20/h2-11H,1H3. The number of benzene rings is 4. The Balaban J connectivity index is 1.72. The Kier molecular flexibility index (Phi) is 3.40. The lowest BCUT2D eigenvalue weighted by Crippen LogP contribution is -2.00. The first-order valence-electron chi connectivity index (χ1n) is 9.18. The summed E-state index contributed by atoms with van der Waals surface area (Å²) in [6, 6.07) is 19.8. The van der Waals surface area contributed by atoms with Gasteiger partial charge in [0.2, 0.25) is 0 Å². The maximum absolute atomic E-state index is 13.2. The fourth-order valence-electron chi connectivity index (χ4n) is 4.30. The molecule has 2 aromatic heterocycles. The van der Waals surface area contributed by atoms with E-state index in [-0.39, 0.29) is 0 Å². The molecule has 0 aliphatic carbocycles. The van der Waals surface area contributed by atoms with Crippen molar-refractivity contribution in [1.82, 2.24) is 0 Å². The molecule has 0 N–H and O–H groups in total. The molecule has 5 heteroatoms. The quantitative estimate of drug-likeness (QED) is 0.214.